The van der Waals surface area contributed by atoms with Crippen LogP contribution < -0.4 is 0 Å². The Balaban J connectivity index is 0. The van der Waals surface area contributed by atoms with Crippen molar-refractivity contribution in [3.8, 4) is 0 Å². The predicted molar refractivity (Wildman–Crippen MR) is 1.37 cm³/mol. The summed E-state index contributed by atoms with van der Waals surface area (Å²) in [6.07, 6.45) is 0. The van der Waals surface area contributed by atoms with Gasteiger partial charge in [0, 0.05) is 0 Å². The molecule has 0 atom stereocenters. The second-order valence-corrected chi connectivity index (χ2v) is 0. The Morgan fingerprint density at radius 2 is 0.750 bits per heavy atom. The van der Waals surface area contributed by atoms with Crippen LogP contribution in [-0.2, 0) is 63.0 Å². The van der Waals surface area contributed by atoms with Gasteiger partial charge in [-0.25, -0.2) is 0 Å². The van der Waals surface area contributed by atoms with Crippen LogP contribution in [0.25, 0.3) is 0 Å². The molecule has 4 heteroatoms. The Bertz CT molecular complexity index is 6.00. The molecular formula is O2ScZr+3. The maximum atomic E-state index is 0. The van der Waals surface area contributed by atoms with Crippen molar-refractivity contribution in [2.45, 2.75) is 0 Å². The zero-order chi connectivity index (χ0) is 0. The first-order valence-corrected chi connectivity index (χ1v) is 0. The summed E-state index contributed by atoms with van der Waals surface area (Å²) in [5.41, 5.74) is 0. The van der Waals surface area contributed by atoms with Crippen molar-refractivity contribution in [3.05, 3.63) is 0 Å². The predicted octanol–water partition coefficient (Wildman–Crippen LogP) is -0.243. The van der Waals surface area contributed by atoms with E-state index in [1.165, 1.54) is 0 Å². The molecule has 0 aliphatic carbocycles. The molecule has 0 aromatic heterocycles. The van der Waals surface area contributed by atoms with Crippen molar-refractivity contribution in [1.29, 1.82) is 0 Å². The van der Waals surface area contributed by atoms with E-state index in [0.717, 1.165) is 0 Å². The van der Waals surface area contributed by atoms with E-state index < -0.39 is 0 Å². The molecule has 0 bridgehead atoms. The molecule has 16 valence electrons. The average Bonchev–Trinajstić information content (AvgIpc) is 0. The molecular weight excluding hydrogens is 168 g/mol. The molecule has 4 heavy (non-hydrogen) atoms. The molecule has 0 saturated carbocycles. The van der Waals surface area contributed by atoms with E-state index in [2.05, 4.69) is 0 Å². The van der Waals surface area contributed by atoms with Crippen molar-refractivity contribution in [2.24, 2.45) is 0 Å². The molecule has 0 rings (SSSR count). The van der Waals surface area contributed by atoms with E-state index in [0.29, 0.717) is 0 Å². The van der Waals surface area contributed by atoms with Crippen LogP contribution in [0.4, 0.5) is 0 Å². The Labute approximate surface area is 62.5 Å². The SMILES string of the molecule is [O-2].[O-2].[Sc+3].[Zr+4]. The molecule has 0 radical (unpaired) electrons. The summed E-state index contributed by atoms with van der Waals surface area (Å²) >= 11 is 0. The van der Waals surface area contributed by atoms with Crippen LogP contribution in [0.5, 0.6) is 0 Å². The molecule has 0 unspecified atom stereocenters. The van der Waals surface area contributed by atoms with Crippen molar-refractivity contribution in [1.82, 2.24) is 0 Å². The van der Waals surface area contributed by atoms with Crippen molar-refractivity contribution < 1.29 is 63.0 Å². The van der Waals surface area contributed by atoms with Gasteiger partial charge in [-0.3, -0.25) is 0 Å². The Kier molecular flexibility index (Phi) is 249. The summed E-state index contributed by atoms with van der Waals surface area (Å²) in [7, 11) is 0. The van der Waals surface area contributed by atoms with E-state index in [4.69, 9.17) is 0 Å². The third-order valence-corrected chi connectivity index (χ3v) is 0. The number of hydrogen-bond donors (Lipinski definition) is 0. The first kappa shape index (κ1) is 44.3. The number of rotatable bonds is 0. The summed E-state index contributed by atoms with van der Waals surface area (Å²) in [6.45, 7) is 0. The van der Waals surface area contributed by atoms with Gasteiger partial charge in [0.1, 0.15) is 0 Å². The molecule has 2 nitrogen and oxygen atoms in total. The van der Waals surface area contributed by atoms with Gasteiger partial charge in [0.05, 0.1) is 0 Å². The monoisotopic (exact) mass is 167 g/mol. The smallest absolute Gasteiger partial charge is 2.00 e. The van der Waals surface area contributed by atoms with Crippen LogP contribution in [0.2, 0.25) is 0 Å². The Morgan fingerprint density at radius 1 is 0.750 bits per heavy atom. The van der Waals surface area contributed by atoms with Crippen molar-refractivity contribution in [2.75, 3.05) is 0 Å². The van der Waals surface area contributed by atoms with Gasteiger partial charge in [0.2, 0.25) is 0 Å². The largest absolute Gasteiger partial charge is 4.00 e. The molecule has 0 saturated heterocycles. The fourth-order valence-corrected chi connectivity index (χ4v) is 0. The molecule has 0 aromatic carbocycles. The zero-order valence-electron chi connectivity index (χ0n) is 1.89. The second-order valence-electron chi connectivity index (χ2n) is 0. The fourth-order valence-electron chi connectivity index (χ4n) is 0. The van der Waals surface area contributed by atoms with Crippen LogP contribution in [-0.4, -0.2) is 0 Å². The van der Waals surface area contributed by atoms with E-state index in [1.54, 1.807) is 0 Å². The van der Waals surface area contributed by atoms with Gasteiger partial charge in [-0.2, -0.15) is 0 Å². The van der Waals surface area contributed by atoms with Gasteiger partial charge in [0.25, 0.3) is 0 Å². The number of hydrogen-bond acceptors (Lipinski definition) is 0. The molecule has 0 N–H and O–H groups in total. The molecule has 0 aliphatic heterocycles. The fraction of sp³-hybridized carbons (Fsp3) is 0. The summed E-state index contributed by atoms with van der Waals surface area (Å²) < 4.78 is 0. The third kappa shape index (κ3) is 9.38. The Hall–Kier alpha value is 1.67. The average molecular weight is 168 g/mol. The molecule has 0 heterocycles. The first-order chi connectivity index (χ1) is 0. The van der Waals surface area contributed by atoms with Crippen molar-refractivity contribution in [3.63, 3.8) is 0 Å². The topological polar surface area (TPSA) is 57.0 Å². The second kappa shape index (κ2) is 22.5. The van der Waals surface area contributed by atoms with E-state index >= 15 is 0 Å². The standard InChI is InChI=1S/2O.Sc.Zr/q2*-2;+3;+4. The van der Waals surface area contributed by atoms with Gasteiger partial charge in [-0.15, -0.1) is 0 Å². The van der Waals surface area contributed by atoms with E-state index in [9.17, 15) is 0 Å². The first-order valence-electron chi connectivity index (χ1n) is 0. The van der Waals surface area contributed by atoms with Gasteiger partial charge in [0.15, 0.2) is 0 Å². The summed E-state index contributed by atoms with van der Waals surface area (Å²) in [5, 5.41) is 0. The van der Waals surface area contributed by atoms with Gasteiger partial charge in [-0.05, 0) is 0 Å². The minimum Gasteiger partial charge on any atom is -2.00 e. The third-order valence-electron chi connectivity index (χ3n) is 0. The zero-order valence-corrected chi connectivity index (χ0v) is 6.16. The van der Waals surface area contributed by atoms with Crippen LogP contribution in [0.3, 0.4) is 0 Å². The normalized spacial score (nSPS) is 0. The van der Waals surface area contributed by atoms with Crippen molar-refractivity contribution >= 4 is 0 Å². The summed E-state index contributed by atoms with van der Waals surface area (Å²) in [6, 6.07) is 0. The summed E-state index contributed by atoms with van der Waals surface area (Å²) in [5.74, 6) is 0. The minimum absolute atomic E-state index is 0. The quantitative estimate of drug-likeness (QED) is 0.479. The maximum Gasteiger partial charge on any atom is 4.00 e. The van der Waals surface area contributed by atoms with Gasteiger partial charge < -0.3 is 11.0 Å². The molecule has 0 spiro atoms. The van der Waals surface area contributed by atoms with E-state index in [-0.39, 0.29) is 63.0 Å². The van der Waals surface area contributed by atoms with Crippen LogP contribution >= 0.6 is 0 Å². The molecule has 0 aliphatic rings. The van der Waals surface area contributed by atoms with Gasteiger partial charge >= 0.3 is 52.0 Å². The van der Waals surface area contributed by atoms with Crippen LogP contribution in [0.15, 0.2) is 0 Å². The Morgan fingerprint density at radius 3 is 0.750 bits per heavy atom. The maximum absolute atomic E-state index is 0. The minimum atomic E-state index is 0. The van der Waals surface area contributed by atoms with E-state index in [1.807, 2.05) is 0 Å². The molecule has 0 aromatic rings. The van der Waals surface area contributed by atoms with Crippen LogP contribution in [0, 0.1) is 0 Å². The molecule has 0 fully saturated rings. The molecule has 0 amide bonds. The van der Waals surface area contributed by atoms with Gasteiger partial charge in [-0.1, -0.05) is 0 Å². The summed E-state index contributed by atoms with van der Waals surface area (Å²) in [4.78, 5) is 0. The van der Waals surface area contributed by atoms with Crippen LogP contribution in [0.1, 0.15) is 0 Å².